The number of phenols is 1. The van der Waals surface area contributed by atoms with Crippen LogP contribution in [-0.4, -0.2) is 28.4 Å². The molecule has 1 aromatic heterocycles. The molecule has 3 rings (SSSR count). The molecule has 0 aliphatic heterocycles. The second-order valence-electron chi connectivity index (χ2n) is 6.31. The van der Waals surface area contributed by atoms with E-state index in [4.69, 9.17) is 16.3 Å². The maximum Gasteiger partial charge on any atom is 0.276 e. The van der Waals surface area contributed by atoms with Gasteiger partial charge in [-0.15, -0.1) is 0 Å². The molecule has 8 heteroatoms. The molecule has 0 aliphatic carbocycles. The van der Waals surface area contributed by atoms with Crippen molar-refractivity contribution in [3.8, 4) is 11.5 Å². The largest absolute Gasteiger partial charge is 0.504 e. The number of aromatic hydroxyl groups is 1. The number of hydrogen-bond donors (Lipinski definition) is 2. The number of rotatable bonds is 7. The summed E-state index contributed by atoms with van der Waals surface area (Å²) in [7, 11) is 0. The molecule has 1 amide bonds. The van der Waals surface area contributed by atoms with Crippen molar-refractivity contribution in [1.29, 1.82) is 0 Å². The van der Waals surface area contributed by atoms with Crippen LogP contribution in [0.1, 0.15) is 28.4 Å². The van der Waals surface area contributed by atoms with Gasteiger partial charge in [-0.05, 0) is 48.9 Å². The summed E-state index contributed by atoms with van der Waals surface area (Å²) in [4.78, 5) is 25.1. The quantitative estimate of drug-likeness (QED) is 0.448. The number of amides is 1. The van der Waals surface area contributed by atoms with E-state index in [1.54, 1.807) is 49.5 Å². The normalized spacial score (nSPS) is 10.9. The molecular formula is C22H20ClN3O4. The Balaban J connectivity index is 1.73. The van der Waals surface area contributed by atoms with Crippen LogP contribution in [0.2, 0.25) is 5.02 Å². The molecule has 30 heavy (non-hydrogen) atoms. The maximum atomic E-state index is 12.7. The van der Waals surface area contributed by atoms with Crippen LogP contribution in [-0.2, 0) is 6.54 Å². The zero-order chi connectivity index (χ0) is 21.5. The number of para-hydroxylation sites is 1. The SMILES string of the molecule is CCOc1cccc(/C=N\NC(=O)c2cccn(Cc3ccc(Cl)cc3)c2=O)c1O. The van der Waals surface area contributed by atoms with Crippen LogP contribution in [0, 0.1) is 0 Å². The van der Waals surface area contributed by atoms with Gasteiger partial charge in [-0.1, -0.05) is 29.8 Å². The van der Waals surface area contributed by atoms with Crippen molar-refractivity contribution in [2.24, 2.45) is 5.10 Å². The molecular weight excluding hydrogens is 406 g/mol. The van der Waals surface area contributed by atoms with Crippen molar-refractivity contribution >= 4 is 23.7 Å². The Bertz CT molecular complexity index is 1120. The molecule has 0 radical (unpaired) electrons. The second kappa shape index (κ2) is 9.76. The van der Waals surface area contributed by atoms with Gasteiger partial charge in [0.05, 0.1) is 19.4 Å². The van der Waals surface area contributed by atoms with Crippen molar-refractivity contribution in [2.75, 3.05) is 6.61 Å². The average molecular weight is 426 g/mol. The number of aromatic nitrogens is 1. The molecule has 0 fully saturated rings. The summed E-state index contributed by atoms with van der Waals surface area (Å²) in [6.45, 7) is 2.51. The third-order valence-electron chi connectivity index (χ3n) is 4.23. The van der Waals surface area contributed by atoms with Gasteiger partial charge in [0.15, 0.2) is 11.5 Å². The van der Waals surface area contributed by atoms with E-state index in [0.29, 0.717) is 29.5 Å². The first-order chi connectivity index (χ1) is 14.5. The van der Waals surface area contributed by atoms with E-state index in [0.717, 1.165) is 5.56 Å². The Morgan fingerprint density at radius 3 is 2.70 bits per heavy atom. The summed E-state index contributed by atoms with van der Waals surface area (Å²) in [6, 6.07) is 15.1. The first kappa shape index (κ1) is 21.1. The van der Waals surface area contributed by atoms with E-state index < -0.39 is 11.5 Å². The van der Waals surface area contributed by atoms with E-state index in [1.807, 2.05) is 12.1 Å². The maximum absolute atomic E-state index is 12.7. The minimum absolute atomic E-state index is 0.0455. The van der Waals surface area contributed by atoms with Gasteiger partial charge in [-0.2, -0.15) is 5.10 Å². The number of pyridine rings is 1. The van der Waals surface area contributed by atoms with Gasteiger partial charge in [0.25, 0.3) is 11.5 Å². The lowest BCUT2D eigenvalue weighted by Crippen LogP contribution is -2.30. The van der Waals surface area contributed by atoms with Gasteiger partial charge < -0.3 is 14.4 Å². The highest BCUT2D eigenvalue weighted by Gasteiger charge is 2.12. The summed E-state index contributed by atoms with van der Waals surface area (Å²) in [5, 5.41) is 14.6. The van der Waals surface area contributed by atoms with Crippen molar-refractivity contribution in [3.05, 3.63) is 92.9 Å². The van der Waals surface area contributed by atoms with Crippen LogP contribution in [0.3, 0.4) is 0 Å². The Hall–Kier alpha value is -3.58. The first-order valence-corrected chi connectivity index (χ1v) is 9.59. The first-order valence-electron chi connectivity index (χ1n) is 9.21. The Morgan fingerprint density at radius 2 is 1.97 bits per heavy atom. The van der Waals surface area contributed by atoms with E-state index in [1.165, 1.54) is 16.8 Å². The number of hydrogen-bond acceptors (Lipinski definition) is 5. The lowest BCUT2D eigenvalue weighted by molar-refractivity contribution is 0.0953. The Kier molecular flexibility index (Phi) is 6.87. The topological polar surface area (TPSA) is 92.9 Å². The van der Waals surface area contributed by atoms with Crippen molar-refractivity contribution < 1.29 is 14.6 Å². The van der Waals surface area contributed by atoms with Gasteiger partial charge in [0.2, 0.25) is 0 Å². The van der Waals surface area contributed by atoms with Crippen molar-refractivity contribution in [2.45, 2.75) is 13.5 Å². The minimum Gasteiger partial charge on any atom is -0.504 e. The summed E-state index contributed by atoms with van der Waals surface area (Å²) in [6.07, 6.45) is 2.89. The molecule has 0 spiro atoms. The molecule has 0 unspecified atom stereocenters. The molecule has 0 saturated carbocycles. The zero-order valence-electron chi connectivity index (χ0n) is 16.2. The summed E-state index contributed by atoms with van der Waals surface area (Å²) in [5.41, 5.74) is 3.07. The molecule has 7 nitrogen and oxygen atoms in total. The number of hydrazone groups is 1. The van der Waals surface area contributed by atoms with E-state index in [-0.39, 0.29) is 11.3 Å². The molecule has 0 saturated heterocycles. The summed E-state index contributed by atoms with van der Waals surface area (Å²) in [5.74, 6) is -0.412. The lowest BCUT2D eigenvalue weighted by atomic mass is 10.2. The van der Waals surface area contributed by atoms with Gasteiger partial charge in [-0.3, -0.25) is 9.59 Å². The minimum atomic E-state index is -0.651. The summed E-state index contributed by atoms with van der Waals surface area (Å²) >= 11 is 5.88. The van der Waals surface area contributed by atoms with Crippen molar-refractivity contribution in [3.63, 3.8) is 0 Å². The number of ether oxygens (including phenoxy) is 1. The number of halogens is 1. The third kappa shape index (κ3) is 5.07. The average Bonchev–Trinajstić information content (AvgIpc) is 2.74. The number of nitrogens with one attached hydrogen (secondary N) is 1. The van der Waals surface area contributed by atoms with Gasteiger partial charge >= 0.3 is 0 Å². The Labute approximate surface area is 178 Å². The fraction of sp³-hybridized carbons (Fsp3) is 0.136. The van der Waals surface area contributed by atoms with Crippen LogP contribution < -0.4 is 15.7 Å². The molecule has 2 N–H and O–H groups in total. The summed E-state index contributed by atoms with van der Waals surface area (Å²) < 4.78 is 6.74. The Morgan fingerprint density at radius 1 is 1.20 bits per heavy atom. The highest BCUT2D eigenvalue weighted by molar-refractivity contribution is 6.30. The highest BCUT2D eigenvalue weighted by atomic mass is 35.5. The van der Waals surface area contributed by atoms with Gasteiger partial charge in [0.1, 0.15) is 5.56 Å². The molecule has 0 aliphatic rings. The fourth-order valence-corrected chi connectivity index (χ4v) is 2.88. The highest BCUT2D eigenvalue weighted by Crippen LogP contribution is 2.28. The van der Waals surface area contributed by atoms with E-state index >= 15 is 0 Å². The number of benzene rings is 2. The smallest absolute Gasteiger partial charge is 0.276 e. The van der Waals surface area contributed by atoms with E-state index in [9.17, 15) is 14.7 Å². The lowest BCUT2D eigenvalue weighted by Gasteiger charge is -2.08. The molecule has 2 aromatic carbocycles. The van der Waals surface area contributed by atoms with Crippen LogP contribution in [0.4, 0.5) is 0 Å². The molecule has 3 aromatic rings. The zero-order valence-corrected chi connectivity index (χ0v) is 17.0. The predicted molar refractivity (Wildman–Crippen MR) is 116 cm³/mol. The molecule has 1 heterocycles. The van der Waals surface area contributed by atoms with Crippen LogP contribution in [0.25, 0.3) is 0 Å². The predicted octanol–water partition coefficient (Wildman–Crippen LogP) is 3.42. The number of carbonyl (C=O) groups excluding carboxylic acids is 1. The van der Waals surface area contributed by atoms with Crippen molar-refractivity contribution in [1.82, 2.24) is 9.99 Å². The third-order valence-corrected chi connectivity index (χ3v) is 4.48. The number of nitrogens with zero attached hydrogens (tertiary/aromatic N) is 2. The second-order valence-corrected chi connectivity index (χ2v) is 6.74. The standard InChI is InChI=1S/C22H20ClN3O4/c1-2-30-19-7-3-5-16(20(19)27)13-24-25-21(28)18-6-4-12-26(22(18)29)14-15-8-10-17(23)11-9-15/h3-13,27H,2,14H2,1H3,(H,25,28)/b24-13-. The fourth-order valence-electron chi connectivity index (χ4n) is 2.76. The van der Waals surface area contributed by atoms with Crippen LogP contribution >= 0.6 is 11.6 Å². The molecule has 0 bridgehead atoms. The van der Waals surface area contributed by atoms with E-state index in [2.05, 4.69) is 10.5 Å². The van der Waals surface area contributed by atoms with Crippen LogP contribution in [0.15, 0.2) is 70.7 Å². The number of carbonyl (C=O) groups is 1. The van der Waals surface area contributed by atoms with Gasteiger partial charge in [-0.25, -0.2) is 5.43 Å². The monoisotopic (exact) mass is 425 g/mol. The molecule has 0 atom stereocenters. The van der Waals surface area contributed by atoms with Gasteiger partial charge in [0, 0.05) is 16.8 Å². The van der Waals surface area contributed by atoms with Crippen LogP contribution in [0.5, 0.6) is 11.5 Å². The molecule has 154 valence electrons. The number of phenolic OH excluding ortho intramolecular Hbond substituents is 1.